The van der Waals surface area contributed by atoms with Crippen LogP contribution in [0.5, 0.6) is 0 Å². The van der Waals surface area contributed by atoms with Gasteiger partial charge >= 0.3 is 10.4 Å². The molecule has 0 unspecified atom stereocenters. The summed E-state index contributed by atoms with van der Waals surface area (Å²) in [6, 6.07) is 16.1. The molecule has 4 N–H and O–H groups in total. The molecule has 0 spiro atoms. The van der Waals surface area contributed by atoms with Crippen molar-refractivity contribution in [3.8, 4) is 0 Å². The van der Waals surface area contributed by atoms with Gasteiger partial charge in [-0.3, -0.25) is 9.11 Å². The van der Waals surface area contributed by atoms with Crippen molar-refractivity contribution in [2.45, 2.75) is 9.79 Å². The first-order valence-electron chi connectivity index (χ1n) is 5.75. The lowest BCUT2D eigenvalue weighted by Crippen LogP contribution is -2.12. The summed E-state index contributed by atoms with van der Waals surface area (Å²) in [5, 5.41) is 0. The Labute approximate surface area is 126 Å². The second-order valence-electron chi connectivity index (χ2n) is 4.01. The summed E-state index contributed by atoms with van der Waals surface area (Å²) in [5.41, 5.74) is 7.96. The lowest BCUT2D eigenvalue weighted by atomic mass is 10.2. The Balaban J connectivity index is 0.000000282. The Kier molecular flexibility index (Phi) is 4.63. The summed E-state index contributed by atoms with van der Waals surface area (Å²) in [7, 11) is -4.67. The predicted molar refractivity (Wildman–Crippen MR) is 81.6 cm³/mol. The molecule has 0 saturated carbocycles. The second-order valence-corrected chi connectivity index (χ2v) is 5.99. The number of aliphatic imine (C=N–C) groups is 1. The maximum absolute atomic E-state index is 8.74. The van der Waals surface area contributed by atoms with Crippen LogP contribution in [-0.2, 0) is 10.4 Å². The zero-order valence-corrected chi connectivity index (χ0v) is 12.3. The average molecular weight is 324 g/mol. The van der Waals surface area contributed by atoms with E-state index in [-0.39, 0.29) is 0 Å². The van der Waals surface area contributed by atoms with Gasteiger partial charge in [0.05, 0.1) is 5.69 Å². The van der Waals surface area contributed by atoms with Crippen molar-refractivity contribution in [1.82, 2.24) is 0 Å². The van der Waals surface area contributed by atoms with Crippen molar-refractivity contribution in [2.24, 2.45) is 10.7 Å². The molecule has 6 nitrogen and oxygen atoms in total. The van der Waals surface area contributed by atoms with E-state index in [4.69, 9.17) is 23.3 Å². The molecule has 1 aliphatic heterocycles. The molecule has 21 heavy (non-hydrogen) atoms. The Hall–Kier alpha value is -1.87. The van der Waals surface area contributed by atoms with Gasteiger partial charge < -0.3 is 5.73 Å². The molecule has 0 radical (unpaired) electrons. The predicted octanol–water partition coefficient (Wildman–Crippen LogP) is 2.54. The first-order chi connectivity index (χ1) is 9.84. The number of rotatable bonds is 0. The van der Waals surface area contributed by atoms with Gasteiger partial charge in [-0.2, -0.15) is 8.42 Å². The van der Waals surface area contributed by atoms with Crippen LogP contribution in [0.4, 0.5) is 5.69 Å². The van der Waals surface area contributed by atoms with Crippen molar-refractivity contribution in [2.75, 3.05) is 0 Å². The Morgan fingerprint density at radius 1 is 0.952 bits per heavy atom. The summed E-state index contributed by atoms with van der Waals surface area (Å²) in [6.07, 6.45) is 0. The molecule has 3 rings (SSSR count). The molecule has 0 atom stereocenters. The molecular formula is C13H12N2O4S2. The third kappa shape index (κ3) is 4.57. The van der Waals surface area contributed by atoms with Crippen LogP contribution in [0.3, 0.4) is 0 Å². The molecular weight excluding hydrogens is 312 g/mol. The van der Waals surface area contributed by atoms with Crippen molar-refractivity contribution in [1.29, 1.82) is 0 Å². The molecule has 2 aromatic rings. The summed E-state index contributed by atoms with van der Waals surface area (Å²) < 4.78 is 31.6. The van der Waals surface area contributed by atoms with Crippen LogP contribution in [0.2, 0.25) is 0 Å². The van der Waals surface area contributed by atoms with Crippen LogP contribution in [0, 0.1) is 0 Å². The maximum Gasteiger partial charge on any atom is 0.394 e. The molecule has 8 heteroatoms. The molecule has 0 bridgehead atoms. The highest BCUT2D eigenvalue weighted by molar-refractivity contribution is 7.99. The van der Waals surface area contributed by atoms with Crippen LogP contribution < -0.4 is 5.73 Å². The number of para-hydroxylation sites is 1. The van der Waals surface area contributed by atoms with E-state index < -0.39 is 10.4 Å². The van der Waals surface area contributed by atoms with Gasteiger partial charge in [0.1, 0.15) is 5.84 Å². The second kappa shape index (κ2) is 6.27. The van der Waals surface area contributed by atoms with Gasteiger partial charge in [-0.05, 0) is 18.2 Å². The highest BCUT2D eigenvalue weighted by Gasteiger charge is 2.13. The van der Waals surface area contributed by atoms with Crippen LogP contribution in [0.15, 0.2) is 63.3 Å². The van der Waals surface area contributed by atoms with Gasteiger partial charge in [-0.1, -0.05) is 42.1 Å². The Morgan fingerprint density at radius 2 is 1.48 bits per heavy atom. The monoisotopic (exact) mass is 324 g/mol. The fourth-order valence-corrected chi connectivity index (χ4v) is 2.74. The number of nitrogens with zero attached hydrogens (tertiary/aromatic N) is 1. The van der Waals surface area contributed by atoms with Crippen LogP contribution in [0.1, 0.15) is 5.56 Å². The third-order valence-electron chi connectivity index (χ3n) is 2.49. The van der Waals surface area contributed by atoms with E-state index in [1.807, 2.05) is 36.4 Å². The molecule has 0 aromatic heterocycles. The minimum atomic E-state index is -4.67. The quantitative estimate of drug-likeness (QED) is 0.642. The molecule has 2 aromatic carbocycles. The van der Waals surface area contributed by atoms with E-state index >= 15 is 0 Å². The van der Waals surface area contributed by atoms with Gasteiger partial charge in [-0.25, -0.2) is 4.99 Å². The number of hydrogen-bond acceptors (Lipinski definition) is 5. The Morgan fingerprint density at radius 3 is 2.14 bits per heavy atom. The largest absolute Gasteiger partial charge is 0.394 e. The normalized spacial score (nSPS) is 13.0. The number of benzene rings is 2. The first-order valence-corrected chi connectivity index (χ1v) is 7.96. The number of hydrogen-bond donors (Lipinski definition) is 3. The van der Waals surface area contributed by atoms with Crippen molar-refractivity contribution in [3.05, 3.63) is 54.1 Å². The van der Waals surface area contributed by atoms with Gasteiger partial charge in [-0.15, -0.1) is 0 Å². The van der Waals surface area contributed by atoms with Crippen molar-refractivity contribution in [3.63, 3.8) is 0 Å². The molecule has 1 aliphatic rings. The van der Waals surface area contributed by atoms with Crippen molar-refractivity contribution >= 4 is 33.7 Å². The van der Waals surface area contributed by atoms with Gasteiger partial charge in [0.2, 0.25) is 0 Å². The lowest BCUT2D eigenvalue weighted by Gasteiger charge is -2.04. The van der Waals surface area contributed by atoms with Gasteiger partial charge in [0, 0.05) is 15.4 Å². The van der Waals surface area contributed by atoms with Gasteiger partial charge in [0.25, 0.3) is 0 Å². The summed E-state index contributed by atoms with van der Waals surface area (Å²) >= 11 is 1.71. The molecule has 1 heterocycles. The highest BCUT2D eigenvalue weighted by Crippen LogP contribution is 2.39. The average Bonchev–Trinajstić information content (AvgIpc) is 2.53. The van der Waals surface area contributed by atoms with Crippen LogP contribution in [0.25, 0.3) is 0 Å². The van der Waals surface area contributed by atoms with E-state index in [9.17, 15) is 0 Å². The van der Waals surface area contributed by atoms with E-state index in [1.165, 1.54) is 0 Å². The number of amidine groups is 1. The van der Waals surface area contributed by atoms with Crippen LogP contribution >= 0.6 is 11.8 Å². The SMILES string of the molecule is NC1=Nc2ccccc2Sc2ccccc21.O=S(=O)(O)O. The van der Waals surface area contributed by atoms with E-state index in [1.54, 1.807) is 11.8 Å². The lowest BCUT2D eigenvalue weighted by molar-refractivity contribution is 0.381. The molecule has 110 valence electrons. The third-order valence-corrected chi connectivity index (χ3v) is 3.63. The molecule has 0 saturated heterocycles. The van der Waals surface area contributed by atoms with Crippen molar-refractivity contribution < 1.29 is 17.5 Å². The van der Waals surface area contributed by atoms with Gasteiger partial charge in [0.15, 0.2) is 0 Å². The summed E-state index contributed by atoms with van der Waals surface area (Å²) in [5.74, 6) is 0.591. The van der Waals surface area contributed by atoms with Crippen LogP contribution in [-0.4, -0.2) is 23.4 Å². The summed E-state index contributed by atoms with van der Waals surface area (Å²) in [6.45, 7) is 0. The standard InChI is InChI=1S/C13H10N2S.H2O4S/c14-13-9-5-1-3-7-11(9)16-12-8-4-2-6-10(12)15-13;1-5(2,3)4/h1-8H,(H2,14,15);(H2,1,2,3,4). The maximum atomic E-state index is 8.74. The number of fused-ring (bicyclic) bond motifs is 2. The highest BCUT2D eigenvalue weighted by atomic mass is 32.3. The molecule has 0 amide bonds. The zero-order chi connectivity index (χ0) is 15.5. The van der Waals surface area contributed by atoms with E-state index in [0.717, 1.165) is 21.0 Å². The Bertz CT molecular complexity index is 780. The summed E-state index contributed by atoms with van der Waals surface area (Å²) in [4.78, 5) is 6.76. The molecule has 0 fully saturated rings. The minimum absolute atomic E-state index is 0.591. The first kappa shape index (κ1) is 15.5. The molecule has 0 aliphatic carbocycles. The fourth-order valence-electron chi connectivity index (χ4n) is 1.71. The fraction of sp³-hybridized carbons (Fsp3) is 0. The smallest absolute Gasteiger partial charge is 0.383 e. The minimum Gasteiger partial charge on any atom is -0.383 e. The van der Waals surface area contributed by atoms with E-state index in [0.29, 0.717) is 5.84 Å². The van der Waals surface area contributed by atoms with E-state index in [2.05, 4.69) is 17.1 Å². The topological polar surface area (TPSA) is 113 Å². The zero-order valence-electron chi connectivity index (χ0n) is 10.7. The number of nitrogens with two attached hydrogens (primary N) is 1.